The standard InChI is InChI=1S/C18H29F2N3O4S.HI/c1-6-21-17(22-9-10-28(24,25)18(2,3)4)23-12-13-11-14(26-5)7-8-15(13)27-16(19)20;/h7-8,11,16H,6,9-10,12H2,1-5H3,(H2,21,22,23);1H. The van der Waals surface area contributed by atoms with E-state index in [4.69, 9.17) is 4.74 Å². The van der Waals surface area contributed by atoms with Crippen molar-refractivity contribution in [2.24, 2.45) is 4.99 Å². The Kier molecular flexibility index (Phi) is 11.8. The molecule has 168 valence electrons. The molecule has 1 rings (SSSR count). The van der Waals surface area contributed by atoms with Gasteiger partial charge in [-0.1, -0.05) is 0 Å². The molecule has 0 heterocycles. The number of alkyl halides is 2. The second-order valence-electron chi connectivity index (χ2n) is 6.91. The third-order valence-electron chi connectivity index (χ3n) is 3.83. The van der Waals surface area contributed by atoms with E-state index in [0.717, 1.165) is 0 Å². The Morgan fingerprint density at radius 1 is 1.24 bits per heavy atom. The van der Waals surface area contributed by atoms with Gasteiger partial charge in [-0.25, -0.2) is 13.4 Å². The number of methoxy groups -OCH3 is 1. The second-order valence-corrected chi connectivity index (χ2v) is 9.77. The van der Waals surface area contributed by atoms with Crippen molar-refractivity contribution in [2.45, 2.75) is 45.6 Å². The minimum Gasteiger partial charge on any atom is -0.497 e. The lowest BCUT2D eigenvalue weighted by Gasteiger charge is -2.20. The van der Waals surface area contributed by atoms with Gasteiger partial charge in [-0.2, -0.15) is 8.78 Å². The highest BCUT2D eigenvalue weighted by Crippen LogP contribution is 2.26. The number of nitrogens with zero attached hydrogens (tertiary/aromatic N) is 1. The summed E-state index contributed by atoms with van der Waals surface area (Å²) in [6.07, 6.45) is 0. The lowest BCUT2D eigenvalue weighted by molar-refractivity contribution is -0.0504. The minimum atomic E-state index is -3.27. The van der Waals surface area contributed by atoms with Crippen LogP contribution in [0.5, 0.6) is 11.5 Å². The molecule has 2 N–H and O–H groups in total. The monoisotopic (exact) mass is 549 g/mol. The smallest absolute Gasteiger partial charge is 0.387 e. The summed E-state index contributed by atoms with van der Waals surface area (Å²) in [5.74, 6) is 0.809. The molecule has 7 nitrogen and oxygen atoms in total. The van der Waals surface area contributed by atoms with Gasteiger partial charge < -0.3 is 20.1 Å². The molecule has 0 saturated heterocycles. The van der Waals surface area contributed by atoms with E-state index in [1.807, 2.05) is 6.92 Å². The molecule has 0 radical (unpaired) electrons. The van der Waals surface area contributed by atoms with Crippen molar-refractivity contribution in [1.82, 2.24) is 10.6 Å². The Morgan fingerprint density at radius 3 is 2.41 bits per heavy atom. The molecule has 0 aliphatic heterocycles. The fourth-order valence-corrected chi connectivity index (χ4v) is 3.12. The largest absolute Gasteiger partial charge is 0.497 e. The number of benzene rings is 1. The van der Waals surface area contributed by atoms with Crippen LogP contribution in [0.3, 0.4) is 0 Å². The van der Waals surface area contributed by atoms with Crippen molar-refractivity contribution in [3.05, 3.63) is 23.8 Å². The molecule has 0 aliphatic rings. The zero-order valence-electron chi connectivity index (χ0n) is 17.3. The summed E-state index contributed by atoms with van der Waals surface area (Å²) in [6, 6.07) is 4.48. The van der Waals surface area contributed by atoms with Crippen LogP contribution in [-0.2, 0) is 16.4 Å². The number of rotatable bonds is 9. The molecule has 0 atom stereocenters. The highest BCUT2D eigenvalue weighted by Gasteiger charge is 2.28. The van der Waals surface area contributed by atoms with Crippen LogP contribution in [-0.4, -0.2) is 51.7 Å². The maximum absolute atomic E-state index is 12.6. The van der Waals surface area contributed by atoms with Gasteiger partial charge in [0.15, 0.2) is 15.8 Å². The molecule has 0 amide bonds. The number of ether oxygens (including phenoxy) is 2. The molecule has 0 spiro atoms. The van der Waals surface area contributed by atoms with Gasteiger partial charge >= 0.3 is 6.61 Å². The van der Waals surface area contributed by atoms with Crippen molar-refractivity contribution in [3.63, 3.8) is 0 Å². The van der Waals surface area contributed by atoms with Gasteiger partial charge in [-0.3, -0.25) is 0 Å². The summed E-state index contributed by atoms with van der Waals surface area (Å²) >= 11 is 0. The molecular weight excluding hydrogens is 519 g/mol. The first-order chi connectivity index (χ1) is 13.0. The van der Waals surface area contributed by atoms with E-state index in [0.29, 0.717) is 23.8 Å². The fraction of sp³-hybridized carbons (Fsp3) is 0.611. The number of aliphatic imine (C=N–C) groups is 1. The predicted octanol–water partition coefficient (Wildman–Crippen LogP) is 3.18. The van der Waals surface area contributed by atoms with Crippen molar-refractivity contribution in [3.8, 4) is 11.5 Å². The van der Waals surface area contributed by atoms with E-state index in [1.54, 1.807) is 26.8 Å². The third kappa shape index (κ3) is 9.32. The van der Waals surface area contributed by atoms with E-state index in [1.165, 1.54) is 19.2 Å². The lowest BCUT2D eigenvalue weighted by Crippen LogP contribution is -2.41. The quantitative estimate of drug-likeness (QED) is 0.280. The Labute approximate surface area is 188 Å². The first kappa shape index (κ1) is 27.6. The SMILES string of the molecule is CCNC(=NCc1cc(OC)ccc1OC(F)F)NCCS(=O)(=O)C(C)(C)C.I. The van der Waals surface area contributed by atoms with Gasteiger partial charge in [-0.15, -0.1) is 24.0 Å². The number of halogens is 3. The molecule has 0 fully saturated rings. The minimum absolute atomic E-state index is 0. The Balaban J connectivity index is 0.00000784. The topological polar surface area (TPSA) is 89.0 Å². The van der Waals surface area contributed by atoms with Crippen LogP contribution in [0.15, 0.2) is 23.2 Å². The molecule has 1 aromatic carbocycles. The maximum Gasteiger partial charge on any atom is 0.387 e. The van der Waals surface area contributed by atoms with Crippen molar-refractivity contribution >= 4 is 39.8 Å². The Bertz CT molecular complexity index is 769. The molecule has 0 bridgehead atoms. The van der Waals surface area contributed by atoms with E-state index >= 15 is 0 Å². The first-order valence-electron chi connectivity index (χ1n) is 8.86. The summed E-state index contributed by atoms with van der Waals surface area (Å²) in [5, 5.41) is 5.94. The number of sulfone groups is 1. The zero-order valence-corrected chi connectivity index (χ0v) is 20.4. The second kappa shape index (κ2) is 12.4. The molecule has 0 aromatic heterocycles. The first-order valence-corrected chi connectivity index (χ1v) is 10.5. The Morgan fingerprint density at radius 2 is 1.90 bits per heavy atom. The van der Waals surface area contributed by atoms with E-state index in [-0.39, 0.29) is 48.6 Å². The van der Waals surface area contributed by atoms with Crippen LogP contribution >= 0.6 is 24.0 Å². The highest BCUT2D eigenvalue weighted by molar-refractivity contribution is 14.0. The van der Waals surface area contributed by atoms with E-state index in [9.17, 15) is 17.2 Å². The van der Waals surface area contributed by atoms with Gasteiger partial charge in [0.25, 0.3) is 0 Å². The number of hydrogen-bond donors (Lipinski definition) is 2. The Hall–Kier alpha value is -1.37. The van der Waals surface area contributed by atoms with Gasteiger partial charge in [0.2, 0.25) is 0 Å². The molecular formula is C18H30F2IN3O4S. The van der Waals surface area contributed by atoms with E-state index < -0.39 is 21.2 Å². The van der Waals surface area contributed by atoms with Crippen LogP contribution < -0.4 is 20.1 Å². The van der Waals surface area contributed by atoms with Crippen LogP contribution in [0, 0.1) is 0 Å². The van der Waals surface area contributed by atoms with E-state index in [2.05, 4.69) is 20.4 Å². The molecule has 29 heavy (non-hydrogen) atoms. The fourth-order valence-electron chi connectivity index (χ4n) is 2.13. The molecule has 11 heteroatoms. The van der Waals surface area contributed by atoms with Gasteiger partial charge in [-0.05, 0) is 45.9 Å². The van der Waals surface area contributed by atoms with Crippen molar-refractivity contribution in [2.75, 3.05) is 26.0 Å². The summed E-state index contributed by atoms with van der Waals surface area (Å²) in [4.78, 5) is 4.33. The summed E-state index contributed by atoms with van der Waals surface area (Å²) in [7, 11) is -1.80. The number of guanidine groups is 1. The average Bonchev–Trinajstić information content (AvgIpc) is 2.59. The normalized spacial score (nSPS) is 12.3. The van der Waals surface area contributed by atoms with Crippen LogP contribution in [0.25, 0.3) is 0 Å². The average molecular weight is 549 g/mol. The summed E-state index contributed by atoms with van der Waals surface area (Å²) in [6.45, 7) is 4.62. The molecule has 0 saturated carbocycles. The number of nitrogens with one attached hydrogen (secondary N) is 2. The predicted molar refractivity (Wildman–Crippen MR) is 121 cm³/mol. The van der Waals surface area contributed by atoms with Crippen molar-refractivity contribution < 1.29 is 26.7 Å². The number of hydrogen-bond acceptors (Lipinski definition) is 5. The summed E-state index contributed by atoms with van der Waals surface area (Å²) < 4.78 is 58.4. The maximum atomic E-state index is 12.6. The lowest BCUT2D eigenvalue weighted by atomic mass is 10.2. The highest BCUT2D eigenvalue weighted by atomic mass is 127. The van der Waals surface area contributed by atoms with Crippen LogP contribution in [0.1, 0.15) is 33.3 Å². The van der Waals surface area contributed by atoms with Crippen LogP contribution in [0.2, 0.25) is 0 Å². The van der Waals surface area contributed by atoms with Crippen molar-refractivity contribution in [1.29, 1.82) is 0 Å². The molecule has 0 aliphatic carbocycles. The zero-order chi connectivity index (χ0) is 21.4. The van der Waals surface area contributed by atoms with Crippen LogP contribution in [0.4, 0.5) is 8.78 Å². The third-order valence-corrected chi connectivity index (χ3v) is 6.44. The van der Waals surface area contributed by atoms with Gasteiger partial charge in [0.05, 0.1) is 24.2 Å². The van der Waals surface area contributed by atoms with Gasteiger partial charge in [0.1, 0.15) is 11.5 Å². The molecule has 0 unspecified atom stereocenters. The summed E-state index contributed by atoms with van der Waals surface area (Å²) in [5.41, 5.74) is 0.416. The van der Waals surface area contributed by atoms with Gasteiger partial charge in [0, 0.05) is 18.7 Å². The molecule has 1 aromatic rings.